The highest BCUT2D eigenvalue weighted by molar-refractivity contribution is 9.11. The van der Waals surface area contributed by atoms with E-state index < -0.39 is 0 Å². The van der Waals surface area contributed by atoms with Gasteiger partial charge in [0.25, 0.3) is 0 Å². The fourth-order valence-corrected chi connectivity index (χ4v) is 6.51. The Bertz CT molecular complexity index is 302. The van der Waals surface area contributed by atoms with Gasteiger partial charge in [-0.25, -0.2) is 0 Å². The van der Waals surface area contributed by atoms with E-state index >= 15 is 0 Å². The highest BCUT2D eigenvalue weighted by Crippen LogP contribution is 2.45. The van der Waals surface area contributed by atoms with Crippen molar-refractivity contribution in [1.29, 1.82) is 0 Å². The van der Waals surface area contributed by atoms with Gasteiger partial charge in [0.15, 0.2) is 0 Å². The quantitative estimate of drug-likeness (QED) is 0.726. The average Bonchev–Trinajstić information content (AvgIpc) is 2.29. The highest BCUT2D eigenvalue weighted by Gasteiger charge is 2.26. The van der Waals surface area contributed by atoms with Crippen molar-refractivity contribution in [2.45, 2.75) is 28.0 Å². The Morgan fingerprint density at radius 3 is 2.73 bits per heavy atom. The first-order chi connectivity index (χ1) is 7.27. The molecule has 15 heavy (non-hydrogen) atoms. The molecule has 3 atom stereocenters. The fraction of sp³-hybridized carbons (Fsp3) is 0.500. The lowest BCUT2D eigenvalue weighted by molar-refractivity contribution is 0.836. The molecule has 0 bridgehead atoms. The molecule has 1 fully saturated rings. The molecule has 0 nitrogen and oxygen atoms in total. The van der Waals surface area contributed by atoms with Crippen LogP contribution in [0, 0.1) is 0 Å². The molecular formula is C12H15BrS2. The van der Waals surface area contributed by atoms with Crippen molar-refractivity contribution in [2.24, 2.45) is 0 Å². The van der Waals surface area contributed by atoms with Crippen LogP contribution in [0.2, 0.25) is 0 Å². The van der Waals surface area contributed by atoms with E-state index in [2.05, 4.69) is 76.7 Å². The van der Waals surface area contributed by atoms with Gasteiger partial charge in [0.1, 0.15) is 0 Å². The van der Waals surface area contributed by atoms with Crippen LogP contribution < -0.4 is 0 Å². The molecular weight excluding hydrogens is 288 g/mol. The van der Waals surface area contributed by atoms with Crippen LogP contribution in [-0.4, -0.2) is 14.5 Å². The van der Waals surface area contributed by atoms with Crippen molar-refractivity contribution in [3.05, 3.63) is 35.9 Å². The monoisotopic (exact) mass is 302 g/mol. The second-order valence-electron chi connectivity index (χ2n) is 3.77. The smallest absolute Gasteiger partial charge is 0.0619 e. The molecule has 0 radical (unpaired) electrons. The standard InChI is InChI=1S/C12H15BrS2/c1-9(10-5-3-2-4-6-10)12-14-8-7-11(13)15-12/h2-6,9,11-12H,7-8H2,1H3. The minimum atomic E-state index is 0.640. The zero-order chi connectivity index (χ0) is 10.7. The summed E-state index contributed by atoms with van der Waals surface area (Å²) in [4.78, 5) is 0. The van der Waals surface area contributed by atoms with Crippen molar-refractivity contribution in [2.75, 3.05) is 5.75 Å². The predicted octanol–water partition coefficient (Wildman–Crippen LogP) is 4.71. The van der Waals surface area contributed by atoms with Crippen LogP contribution in [0.25, 0.3) is 0 Å². The number of halogens is 1. The minimum absolute atomic E-state index is 0.640. The minimum Gasteiger partial charge on any atom is -0.147 e. The van der Waals surface area contributed by atoms with Crippen LogP contribution >= 0.6 is 39.5 Å². The molecule has 1 heterocycles. The lowest BCUT2D eigenvalue weighted by atomic mass is 10.0. The van der Waals surface area contributed by atoms with Gasteiger partial charge in [-0.15, -0.1) is 23.5 Å². The lowest BCUT2D eigenvalue weighted by Gasteiger charge is -2.29. The van der Waals surface area contributed by atoms with E-state index in [0.717, 1.165) is 0 Å². The summed E-state index contributed by atoms with van der Waals surface area (Å²) in [6, 6.07) is 10.8. The molecule has 0 saturated carbocycles. The first kappa shape index (κ1) is 11.9. The van der Waals surface area contributed by atoms with Gasteiger partial charge >= 0.3 is 0 Å². The molecule has 2 rings (SSSR count). The predicted molar refractivity (Wildman–Crippen MR) is 76.0 cm³/mol. The molecule has 0 aromatic heterocycles. The molecule has 1 aliphatic rings. The van der Waals surface area contributed by atoms with Crippen molar-refractivity contribution >= 4 is 39.5 Å². The number of thioether (sulfide) groups is 2. The van der Waals surface area contributed by atoms with Crippen LogP contribution in [0.3, 0.4) is 0 Å². The summed E-state index contributed by atoms with van der Waals surface area (Å²) in [6.07, 6.45) is 1.29. The summed E-state index contributed by atoms with van der Waals surface area (Å²) >= 11 is 7.89. The van der Waals surface area contributed by atoms with Gasteiger partial charge in [-0.05, 0) is 17.7 Å². The number of hydrogen-bond acceptors (Lipinski definition) is 2. The van der Waals surface area contributed by atoms with E-state index in [4.69, 9.17) is 0 Å². The number of hydrogen-bond donors (Lipinski definition) is 0. The van der Waals surface area contributed by atoms with Gasteiger partial charge in [-0.3, -0.25) is 0 Å². The maximum Gasteiger partial charge on any atom is 0.0619 e. The van der Waals surface area contributed by atoms with Crippen LogP contribution in [0.15, 0.2) is 30.3 Å². The van der Waals surface area contributed by atoms with Crippen molar-refractivity contribution in [3.63, 3.8) is 0 Å². The normalized spacial score (nSPS) is 28.7. The molecule has 0 aliphatic carbocycles. The van der Waals surface area contributed by atoms with Gasteiger partial charge in [0.2, 0.25) is 0 Å². The number of benzene rings is 1. The Morgan fingerprint density at radius 1 is 1.33 bits per heavy atom. The Kier molecular flexibility index (Phi) is 4.47. The number of rotatable bonds is 2. The van der Waals surface area contributed by atoms with E-state index in [1.807, 2.05) is 0 Å². The summed E-state index contributed by atoms with van der Waals surface area (Å²) in [5.41, 5.74) is 1.46. The molecule has 3 heteroatoms. The molecule has 1 aliphatic heterocycles. The largest absolute Gasteiger partial charge is 0.147 e. The highest BCUT2D eigenvalue weighted by atomic mass is 79.9. The molecule has 1 saturated heterocycles. The van der Waals surface area contributed by atoms with E-state index in [1.165, 1.54) is 17.7 Å². The van der Waals surface area contributed by atoms with Crippen molar-refractivity contribution in [1.82, 2.24) is 0 Å². The summed E-state index contributed by atoms with van der Waals surface area (Å²) in [5, 5.41) is 0. The van der Waals surface area contributed by atoms with Crippen LogP contribution in [0.4, 0.5) is 0 Å². The first-order valence-electron chi connectivity index (χ1n) is 5.23. The van der Waals surface area contributed by atoms with Gasteiger partial charge in [0.05, 0.1) is 8.74 Å². The van der Waals surface area contributed by atoms with E-state index in [-0.39, 0.29) is 0 Å². The van der Waals surface area contributed by atoms with Gasteiger partial charge < -0.3 is 0 Å². The Hall–Kier alpha value is 0.400. The van der Waals surface area contributed by atoms with Crippen LogP contribution in [-0.2, 0) is 0 Å². The maximum atomic E-state index is 3.72. The van der Waals surface area contributed by atoms with E-state index in [9.17, 15) is 0 Å². The third-order valence-corrected chi connectivity index (χ3v) is 6.90. The molecule has 0 N–H and O–H groups in total. The second kappa shape index (κ2) is 5.65. The summed E-state index contributed by atoms with van der Waals surface area (Å²) in [7, 11) is 0. The number of alkyl halides is 1. The van der Waals surface area contributed by atoms with Gasteiger partial charge in [-0.1, -0.05) is 53.2 Å². The molecule has 1 aromatic rings. The zero-order valence-electron chi connectivity index (χ0n) is 8.73. The van der Waals surface area contributed by atoms with Crippen molar-refractivity contribution in [3.8, 4) is 0 Å². The SMILES string of the molecule is CC(c1ccccc1)C1SCCC(Br)S1. The molecule has 82 valence electrons. The molecule has 1 aromatic carbocycles. The third-order valence-electron chi connectivity index (χ3n) is 2.64. The maximum absolute atomic E-state index is 3.72. The summed E-state index contributed by atoms with van der Waals surface area (Å²) in [6.45, 7) is 2.34. The molecule has 0 spiro atoms. The lowest BCUT2D eigenvalue weighted by Crippen LogP contribution is -2.17. The van der Waals surface area contributed by atoms with Gasteiger partial charge in [0, 0.05) is 5.92 Å². The van der Waals surface area contributed by atoms with Crippen molar-refractivity contribution < 1.29 is 0 Å². The van der Waals surface area contributed by atoms with Crippen LogP contribution in [0.1, 0.15) is 24.8 Å². The Morgan fingerprint density at radius 2 is 2.07 bits per heavy atom. The topological polar surface area (TPSA) is 0 Å². The van der Waals surface area contributed by atoms with Gasteiger partial charge in [-0.2, -0.15) is 0 Å². The van der Waals surface area contributed by atoms with E-state index in [1.54, 1.807) is 0 Å². The summed E-state index contributed by atoms with van der Waals surface area (Å²) in [5.74, 6) is 1.92. The van der Waals surface area contributed by atoms with Crippen LogP contribution in [0.5, 0.6) is 0 Å². The Balaban J connectivity index is 2.04. The zero-order valence-corrected chi connectivity index (χ0v) is 11.9. The fourth-order valence-electron chi connectivity index (χ4n) is 1.71. The first-order valence-corrected chi connectivity index (χ1v) is 8.14. The Labute approximate surface area is 109 Å². The second-order valence-corrected chi connectivity index (χ2v) is 8.38. The average molecular weight is 303 g/mol. The third kappa shape index (κ3) is 3.18. The molecule has 0 amide bonds. The molecule has 3 unspecified atom stereocenters. The van der Waals surface area contributed by atoms with E-state index in [0.29, 0.717) is 14.7 Å². The summed E-state index contributed by atoms with van der Waals surface area (Å²) < 4.78 is 1.35.